The van der Waals surface area contributed by atoms with E-state index in [1.807, 2.05) is 0 Å². The van der Waals surface area contributed by atoms with Gasteiger partial charge in [0.1, 0.15) is 10.7 Å². The molecule has 3 aromatic rings. The van der Waals surface area contributed by atoms with Crippen molar-refractivity contribution < 1.29 is 18.4 Å². The maximum absolute atomic E-state index is 13.6. The molecule has 0 radical (unpaired) electrons. The van der Waals surface area contributed by atoms with Crippen LogP contribution in [0.15, 0.2) is 12.1 Å². The van der Waals surface area contributed by atoms with Crippen LogP contribution in [0.2, 0.25) is 0 Å². The Bertz CT molecular complexity index is 1180. The van der Waals surface area contributed by atoms with Crippen molar-refractivity contribution in [1.29, 1.82) is 0 Å². The van der Waals surface area contributed by atoms with Crippen LogP contribution in [-0.2, 0) is 12.8 Å². The molecule has 0 atom stereocenters. The molecule has 0 unspecified atom stereocenters. The van der Waals surface area contributed by atoms with Crippen LogP contribution in [0.4, 0.5) is 13.8 Å². The molecular formula is C20H19F2N5O2S. The highest BCUT2D eigenvalue weighted by Crippen LogP contribution is 2.40. The number of nitrogens with two attached hydrogens (primary N) is 1. The fraction of sp³-hybridized carbons (Fsp3) is 0.400. The second-order valence-corrected chi connectivity index (χ2v) is 8.82. The number of primary amides is 1. The number of thiophene rings is 1. The van der Waals surface area contributed by atoms with E-state index in [1.165, 1.54) is 23.5 Å². The molecule has 1 saturated carbocycles. The monoisotopic (exact) mass is 431 g/mol. The average molecular weight is 431 g/mol. The van der Waals surface area contributed by atoms with Gasteiger partial charge in [0.05, 0.1) is 5.56 Å². The zero-order valence-corrected chi connectivity index (χ0v) is 16.8. The number of fused-ring (bicyclic) bond motifs is 2. The molecule has 30 heavy (non-hydrogen) atoms. The van der Waals surface area contributed by atoms with E-state index in [9.17, 15) is 18.4 Å². The Labute approximate surface area is 174 Å². The minimum absolute atomic E-state index is 0.0425. The molecule has 156 valence electrons. The molecule has 0 saturated heterocycles. The molecule has 3 aromatic heterocycles. The van der Waals surface area contributed by atoms with Crippen LogP contribution in [0.3, 0.4) is 0 Å². The second-order valence-electron chi connectivity index (χ2n) is 7.71. The molecule has 5 rings (SSSR count). The second kappa shape index (κ2) is 7.12. The SMILES string of the molecule is NC(=O)c1c(NC(=O)c2cc3nc(C4CC4)cc(C(F)F)n3n2)sc2c1CCCC2. The Morgan fingerprint density at radius 2 is 2.00 bits per heavy atom. The van der Waals surface area contributed by atoms with E-state index in [0.29, 0.717) is 16.3 Å². The van der Waals surface area contributed by atoms with Gasteiger partial charge < -0.3 is 11.1 Å². The number of nitrogens with zero attached hydrogens (tertiary/aromatic N) is 3. The number of hydrogen-bond donors (Lipinski definition) is 2. The van der Waals surface area contributed by atoms with Gasteiger partial charge in [0, 0.05) is 22.6 Å². The highest BCUT2D eigenvalue weighted by atomic mass is 32.1. The van der Waals surface area contributed by atoms with Crippen LogP contribution in [0.25, 0.3) is 5.65 Å². The van der Waals surface area contributed by atoms with Crippen molar-refractivity contribution in [1.82, 2.24) is 14.6 Å². The molecule has 10 heteroatoms. The molecule has 0 bridgehead atoms. The van der Waals surface area contributed by atoms with E-state index in [2.05, 4.69) is 15.4 Å². The zero-order chi connectivity index (χ0) is 21.0. The summed E-state index contributed by atoms with van der Waals surface area (Å²) in [6.07, 6.45) is 2.69. The van der Waals surface area contributed by atoms with E-state index >= 15 is 0 Å². The summed E-state index contributed by atoms with van der Waals surface area (Å²) >= 11 is 1.34. The molecule has 3 N–H and O–H groups in total. The first kappa shape index (κ1) is 19.1. The van der Waals surface area contributed by atoms with Crippen LogP contribution in [-0.4, -0.2) is 26.4 Å². The number of aryl methyl sites for hydroxylation is 1. The first-order valence-corrected chi connectivity index (χ1v) is 10.7. The van der Waals surface area contributed by atoms with Crippen molar-refractivity contribution in [2.45, 2.75) is 50.9 Å². The Morgan fingerprint density at radius 1 is 1.23 bits per heavy atom. The molecule has 2 amide bonds. The lowest BCUT2D eigenvalue weighted by Crippen LogP contribution is -2.19. The normalized spacial score (nSPS) is 16.1. The van der Waals surface area contributed by atoms with Crippen LogP contribution >= 0.6 is 11.3 Å². The maximum atomic E-state index is 13.6. The van der Waals surface area contributed by atoms with Crippen LogP contribution in [0, 0.1) is 0 Å². The average Bonchev–Trinajstić information content (AvgIpc) is 3.36. The Kier molecular flexibility index (Phi) is 4.53. The molecule has 0 aliphatic heterocycles. The number of aromatic nitrogens is 3. The van der Waals surface area contributed by atoms with Crippen LogP contribution in [0.5, 0.6) is 0 Å². The van der Waals surface area contributed by atoms with E-state index in [4.69, 9.17) is 5.73 Å². The number of alkyl halides is 2. The van der Waals surface area contributed by atoms with Crippen molar-refractivity contribution >= 4 is 33.8 Å². The van der Waals surface area contributed by atoms with Crippen LogP contribution < -0.4 is 11.1 Å². The molecule has 0 aromatic carbocycles. The minimum atomic E-state index is -2.74. The summed E-state index contributed by atoms with van der Waals surface area (Å²) in [6, 6.07) is 2.76. The summed E-state index contributed by atoms with van der Waals surface area (Å²) in [5.74, 6) is -0.986. The van der Waals surface area contributed by atoms with Gasteiger partial charge in [-0.2, -0.15) is 5.10 Å². The first-order chi connectivity index (χ1) is 14.4. The fourth-order valence-electron chi connectivity index (χ4n) is 3.95. The number of anilines is 1. The zero-order valence-electron chi connectivity index (χ0n) is 16.0. The molecule has 3 heterocycles. The van der Waals surface area contributed by atoms with E-state index in [1.54, 1.807) is 0 Å². The van der Waals surface area contributed by atoms with Gasteiger partial charge in [-0.05, 0) is 50.2 Å². The summed E-state index contributed by atoms with van der Waals surface area (Å²) in [4.78, 5) is 30.3. The van der Waals surface area contributed by atoms with Gasteiger partial charge in [-0.3, -0.25) is 9.59 Å². The lowest BCUT2D eigenvalue weighted by Gasteiger charge is -2.11. The summed E-state index contributed by atoms with van der Waals surface area (Å²) in [6.45, 7) is 0. The summed E-state index contributed by atoms with van der Waals surface area (Å²) in [5.41, 5.74) is 7.29. The highest BCUT2D eigenvalue weighted by Gasteiger charge is 2.29. The quantitative estimate of drug-likeness (QED) is 0.641. The van der Waals surface area contributed by atoms with Crippen molar-refractivity contribution in [3.8, 4) is 0 Å². The van der Waals surface area contributed by atoms with Crippen molar-refractivity contribution in [3.63, 3.8) is 0 Å². The third-order valence-corrected chi connectivity index (χ3v) is 6.78. The first-order valence-electron chi connectivity index (χ1n) is 9.87. The molecule has 2 aliphatic carbocycles. The smallest absolute Gasteiger partial charge is 0.280 e. The minimum Gasteiger partial charge on any atom is -0.365 e. The van der Waals surface area contributed by atoms with Gasteiger partial charge in [-0.15, -0.1) is 11.3 Å². The summed E-state index contributed by atoms with van der Waals surface area (Å²) in [5, 5.41) is 7.16. The van der Waals surface area contributed by atoms with Crippen LogP contribution in [0.1, 0.15) is 80.7 Å². The van der Waals surface area contributed by atoms with Gasteiger partial charge in [0.2, 0.25) is 0 Å². The Morgan fingerprint density at radius 3 is 2.70 bits per heavy atom. The molecule has 0 spiro atoms. The maximum Gasteiger partial charge on any atom is 0.280 e. The standard InChI is InChI=1S/C20H19F2N5O2S/c21-17(22)13-7-11(9-5-6-9)24-15-8-12(26-27(13)15)19(29)25-20-16(18(23)28)10-3-1-2-4-14(10)30-20/h7-9,17H,1-6H2,(H2,23,28)(H,25,29). The molecule has 1 fully saturated rings. The van der Waals surface area contributed by atoms with Crippen molar-refractivity contribution in [3.05, 3.63) is 45.2 Å². The van der Waals surface area contributed by atoms with E-state index in [0.717, 1.165) is 53.5 Å². The number of carbonyl (C=O) groups excluding carboxylic acids is 2. The molecular weight excluding hydrogens is 412 g/mol. The Balaban J connectivity index is 1.51. The van der Waals surface area contributed by atoms with Crippen molar-refractivity contribution in [2.75, 3.05) is 5.32 Å². The number of amides is 2. The number of rotatable bonds is 5. The third-order valence-electron chi connectivity index (χ3n) is 5.57. The number of halogens is 2. The topological polar surface area (TPSA) is 102 Å². The van der Waals surface area contributed by atoms with Gasteiger partial charge in [0.25, 0.3) is 18.2 Å². The highest BCUT2D eigenvalue weighted by molar-refractivity contribution is 7.17. The van der Waals surface area contributed by atoms with Crippen molar-refractivity contribution in [2.24, 2.45) is 5.73 Å². The predicted molar refractivity (Wildman–Crippen MR) is 107 cm³/mol. The molecule has 7 nitrogen and oxygen atoms in total. The van der Waals surface area contributed by atoms with Gasteiger partial charge in [-0.25, -0.2) is 18.3 Å². The lowest BCUT2D eigenvalue weighted by atomic mass is 9.95. The number of hydrogen-bond acceptors (Lipinski definition) is 5. The number of nitrogens with one attached hydrogen (secondary N) is 1. The largest absolute Gasteiger partial charge is 0.365 e. The van der Waals surface area contributed by atoms with Gasteiger partial charge in [0.15, 0.2) is 11.3 Å². The Hall–Kier alpha value is -2.88. The van der Waals surface area contributed by atoms with Gasteiger partial charge >= 0.3 is 0 Å². The van der Waals surface area contributed by atoms with E-state index in [-0.39, 0.29) is 23.0 Å². The van der Waals surface area contributed by atoms with E-state index < -0.39 is 18.2 Å². The third kappa shape index (κ3) is 3.24. The summed E-state index contributed by atoms with van der Waals surface area (Å²) in [7, 11) is 0. The fourth-order valence-corrected chi connectivity index (χ4v) is 5.24. The van der Waals surface area contributed by atoms with Gasteiger partial charge in [-0.1, -0.05) is 0 Å². The molecule has 2 aliphatic rings. The lowest BCUT2D eigenvalue weighted by molar-refractivity contribution is 0.100. The predicted octanol–water partition coefficient (Wildman–Crippen LogP) is 3.84. The number of carbonyl (C=O) groups is 2. The summed E-state index contributed by atoms with van der Waals surface area (Å²) < 4.78 is 28.1.